The Morgan fingerprint density at radius 1 is 0.808 bits per heavy atom. The van der Waals surface area contributed by atoms with Gasteiger partial charge in [0.25, 0.3) is 11.4 Å². The lowest BCUT2D eigenvalue weighted by Crippen LogP contribution is -2.30. The molecule has 1 heterocycles. The SMILES string of the molecule is O=C(c1ccc([N+](=O)[O-])cc1)c1ccc(-[n+]2ccccc2)c([N+](=O)[O-])c1. The van der Waals surface area contributed by atoms with E-state index in [9.17, 15) is 25.0 Å². The molecule has 0 amide bonds. The molecule has 1 aromatic heterocycles. The fourth-order valence-corrected chi connectivity index (χ4v) is 2.49. The Morgan fingerprint density at radius 3 is 2.00 bits per heavy atom. The average Bonchev–Trinajstić information content (AvgIpc) is 2.67. The fraction of sp³-hybridized carbons (Fsp3) is 0. The Kier molecular flexibility index (Phi) is 4.48. The third kappa shape index (κ3) is 3.29. The maximum Gasteiger partial charge on any atom is 0.341 e. The van der Waals surface area contributed by atoms with E-state index in [1.54, 1.807) is 35.2 Å². The number of nitrogens with zero attached hydrogens (tertiary/aromatic N) is 3. The second-order valence-electron chi connectivity index (χ2n) is 5.38. The number of pyridine rings is 1. The number of hydrogen-bond acceptors (Lipinski definition) is 5. The van der Waals surface area contributed by atoms with Crippen molar-refractivity contribution in [3.8, 4) is 5.69 Å². The van der Waals surface area contributed by atoms with Gasteiger partial charge in [0.2, 0.25) is 0 Å². The van der Waals surface area contributed by atoms with Crippen molar-refractivity contribution in [2.75, 3.05) is 0 Å². The number of carbonyl (C=O) groups is 1. The molecule has 8 heteroatoms. The summed E-state index contributed by atoms with van der Waals surface area (Å²) in [6.07, 6.45) is 3.33. The summed E-state index contributed by atoms with van der Waals surface area (Å²) in [6, 6.07) is 14.5. The summed E-state index contributed by atoms with van der Waals surface area (Å²) >= 11 is 0. The number of nitro benzene ring substituents is 2. The second kappa shape index (κ2) is 6.89. The largest absolute Gasteiger partial charge is 0.341 e. The molecular formula is C18H12N3O5+. The first-order valence-corrected chi connectivity index (χ1v) is 7.51. The summed E-state index contributed by atoms with van der Waals surface area (Å²) < 4.78 is 1.58. The van der Waals surface area contributed by atoms with Crippen molar-refractivity contribution in [2.24, 2.45) is 0 Å². The predicted molar refractivity (Wildman–Crippen MR) is 91.2 cm³/mol. The van der Waals surface area contributed by atoms with Crippen molar-refractivity contribution >= 4 is 17.2 Å². The van der Waals surface area contributed by atoms with Crippen molar-refractivity contribution in [1.82, 2.24) is 0 Å². The zero-order chi connectivity index (χ0) is 18.7. The third-order valence-electron chi connectivity index (χ3n) is 3.77. The molecule has 26 heavy (non-hydrogen) atoms. The van der Waals surface area contributed by atoms with E-state index in [0.29, 0.717) is 5.69 Å². The molecule has 0 unspecified atom stereocenters. The summed E-state index contributed by atoms with van der Waals surface area (Å²) in [6.45, 7) is 0. The topological polar surface area (TPSA) is 107 Å². The van der Waals surface area contributed by atoms with Crippen LogP contribution in [0.25, 0.3) is 5.69 Å². The van der Waals surface area contributed by atoms with Gasteiger partial charge < -0.3 is 0 Å². The summed E-state index contributed by atoms with van der Waals surface area (Å²) in [5, 5.41) is 22.1. The van der Waals surface area contributed by atoms with Crippen LogP contribution in [-0.4, -0.2) is 15.6 Å². The molecule has 2 aromatic carbocycles. The van der Waals surface area contributed by atoms with Gasteiger partial charge in [-0.25, -0.2) is 0 Å². The molecule has 0 saturated carbocycles. The van der Waals surface area contributed by atoms with Crippen LogP contribution < -0.4 is 4.57 Å². The molecule has 0 N–H and O–H groups in total. The van der Waals surface area contributed by atoms with Crippen LogP contribution in [0.1, 0.15) is 15.9 Å². The highest BCUT2D eigenvalue weighted by Crippen LogP contribution is 2.23. The third-order valence-corrected chi connectivity index (χ3v) is 3.77. The van der Waals surface area contributed by atoms with Crippen LogP contribution in [0.2, 0.25) is 0 Å². The molecule has 0 fully saturated rings. The Bertz CT molecular complexity index is 1000. The van der Waals surface area contributed by atoms with E-state index in [2.05, 4.69) is 0 Å². The van der Waals surface area contributed by atoms with E-state index in [1.807, 2.05) is 0 Å². The van der Waals surface area contributed by atoms with Gasteiger partial charge >= 0.3 is 5.69 Å². The molecule has 0 saturated heterocycles. The normalized spacial score (nSPS) is 10.3. The van der Waals surface area contributed by atoms with E-state index in [-0.39, 0.29) is 22.5 Å². The lowest BCUT2D eigenvalue weighted by molar-refractivity contribution is -0.600. The lowest BCUT2D eigenvalue weighted by atomic mass is 10.0. The zero-order valence-corrected chi connectivity index (χ0v) is 13.3. The van der Waals surface area contributed by atoms with Crippen molar-refractivity contribution in [2.45, 2.75) is 0 Å². The van der Waals surface area contributed by atoms with E-state index in [4.69, 9.17) is 0 Å². The first kappa shape index (κ1) is 16.9. The Morgan fingerprint density at radius 2 is 1.42 bits per heavy atom. The highest BCUT2D eigenvalue weighted by molar-refractivity contribution is 6.09. The van der Waals surface area contributed by atoms with Gasteiger partial charge in [-0.2, -0.15) is 4.57 Å². The number of nitro groups is 2. The molecule has 0 aliphatic carbocycles. The summed E-state index contributed by atoms with van der Waals surface area (Å²) in [5.41, 5.74) is 0.323. The minimum Gasteiger partial charge on any atom is -0.289 e. The van der Waals surface area contributed by atoms with Gasteiger partial charge in [0.05, 0.1) is 9.85 Å². The molecule has 0 aliphatic rings. The van der Waals surface area contributed by atoms with Crippen LogP contribution >= 0.6 is 0 Å². The van der Waals surface area contributed by atoms with Gasteiger partial charge in [0.1, 0.15) is 0 Å². The first-order valence-electron chi connectivity index (χ1n) is 7.51. The molecule has 3 aromatic rings. The number of carbonyl (C=O) groups excluding carboxylic acids is 1. The quantitative estimate of drug-likeness (QED) is 0.304. The van der Waals surface area contributed by atoms with Gasteiger partial charge in [0.15, 0.2) is 18.2 Å². The van der Waals surface area contributed by atoms with Crippen LogP contribution in [0, 0.1) is 20.2 Å². The minimum absolute atomic E-state index is 0.130. The monoisotopic (exact) mass is 350 g/mol. The summed E-state index contributed by atoms with van der Waals surface area (Å²) in [4.78, 5) is 33.6. The Balaban J connectivity index is 2.00. The molecule has 128 valence electrons. The number of non-ortho nitro benzene ring substituents is 1. The van der Waals surface area contributed by atoms with E-state index >= 15 is 0 Å². The van der Waals surface area contributed by atoms with Gasteiger partial charge in [-0.3, -0.25) is 25.0 Å². The number of hydrogen-bond donors (Lipinski definition) is 0. The summed E-state index contributed by atoms with van der Waals surface area (Å²) in [5.74, 6) is -0.451. The van der Waals surface area contributed by atoms with Gasteiger partial charge in [-0.1, -0.05) is 6.07 Å². The molecule has 0 radical (unpaired) electrons. The molecule has 0 aliphatic heterocycles. The number of ketones is 1. The molecule has 0 bridgehead atoms. The number of benzene rings is 2. The molecule has 8 nitrogen and oxygen atoms in total. The van der Waals surface area contributed by atoms with Crippen LogP contribution in [-0.2, 0) is 0 Å². The van der Waals surface area contributed by atoms with Crippen molar-refractivity contribution in [3.63, 3.8) is 0 Å². The zero-order valence-electron chi connectivity index (χ0n) is 13.3. The van der Waals surface area contributed by atoms with Crippen LogP contribution in [0.3, 0.4) is 0 Å². The maximum atomic E-state index is 12.6. The Labute approximate surface area is 147 Å². The standard InChI is InChI=1S/C18H12N3O5/c22-18(13-4-7-15(8-5-13)20(23)24)14-6-9-16(17(12-14)21(25)26)19-10-2-1-3-11-19/h1-12H/q+1. The smallest absolute Gasteiger partial charge is 0.289 e. The van der Waals surface area contributed by atoms with Crippen molar-refractivity contribution in [3.05, 3.63) is 104 Å². The van der Waals surface area contributed by atoms with Crippen molar-refractivity contribution < 1.29 is 19.2 Å². The van der Waals surface area contributed by atoms with Crippen molar-refractivity contribution in [1.29, 1.82) is 0 Å². The molecule has 0 spiro atoms. The van der Waals surface area contributed by atoms with E-state index in [1.165, 1.54) is 42.5 Å². The molecule has 3 rings (SSSR count). The average molecular weight is 350 g/mol. The van der Waals surface area contributed by atoms with Gasteiger partial charge in [-0.05, 0) is 18.2 Å². The molecule has 0 atom stereocenters. The number of aromatic nitrogens is 1. The fourth-order valence-electron chi connectivity index (χ4n) is 2.49. The van der Waals surface area contributed by atoms with Crippen LogP contribution in [0.5, 0.6) is 0 Å². The van der Waals surface area contributed by atoms with Gasteiger partial charge in [0, 0.05) is 47.5 Å². The van der Waals surface area contributed by atoms with E-state index < -0.39 is 15.6 Å². The maximum absolute atomic E-state index is 12.6. The van der Waals surface area contributed by atoms with E-state index in [0.717, 1.165) is 0 Å². The highest BCUT2D eigenvalue weighted by atomic mass is 16.6. The van der Waals surface area contributed by atoms with Crippen LogP contribution in [0.4, 0.5) is 11.4 Å². The first-order chi connectivity index (χ1) is 12.5. The van der Waals surface area contributed by atoms with Gasteiger partial charge in [-0.15, -0.1) is 0 Å². The second-order valence-corrected chi connectivity index (χ2v) is 5.38. The Hall–Kier alpha value is -3.94. The van der Waals surface area contributed by atoms with Crippen LogP contribution in [0.15, 0.2) is 73.1 Å². The highest BCUT2D eigenvalue weighted by Gasteiger charge is 2.24. The summed E-state index contributed by atoms with van der Waals surface area (Å²) in [7, 11) is 0. The lowest BCUT2D eigenvalue weighted by Gasteiger charge is -2.03. The number of rotatable bonds is 5. The predicted octanol–water partition coefficient (Wildman–Crippen LogP) is 3.01. The minimum atomic E-state index is -0.565. The molecular weight excluding hydrogens is 338 g/mol.